The van der Waals surface area contributed by atoms with Crippen LogP contribution in [0.4, 0.5) is 0 Å². The van der Waals surface area contributed by atoms with Crippen LogP contribution in [0.2, 0.25) is 0 Å². The van der Waals surface area contributed by atoms with E-state index in [0.29, 0.717) is 29.9 Å². The number of rotatable bonds is 8. The second-order valence-electron chi connectivity index (χ2n) is 6.66. The van der Waals surface area contributed by atoms with Crippen molar-refractivity contribution in [3.05, 3.63) is 47.3 Å². The van der Waals surface area contributed by atoms with Gasteiger partial charge in [-0.25, -0.2) is 13.4 Å². The van der Waals surface area contributed by atoms with Crippen LogP contribution in [0.3, 0.4) is 0 Å². The quantitative estimate of drug-likeness (QED) is 0.316. The van der Waals surface area contributed by atoms with Crippen molar-refractivity contribution in [2.75, 3.05) is 19.3 Å². The number of nitrogens with zero attached hydrogens (tertiary/aromatic N) is 2. The minimum atomic E-state index is -3.16. The zero-order valence-electron chi connectivity index (χ0n) is 16.7. The predicted octanol–water partition coefficient (Wildman–Crippen LogP) is 3.12. The van der Waals surface area contributed by atoms with Gasteiger partial charge in [0.1, 0.15) is 6.54 Å². The smallest absolute Gasteiger partial charge is 0.191 e. The first kappa shape index (κ1) is 24.4. The number of halogens is 1. The van der Waals surface area contributed by atoms with E-state index in [1.165, 1.54) is 6.26 Å². The first-order valence-electron chi connectivity index (χ1n) is 9.06. The van der Waals surface area contributed by atoms with Crippen molar-refractivity contribution in [1.82, 2.24) is 15.8 Å². The minimum absolute atomic E-state index is 0. The molecule has 9 heteroatoms. The number of guanidine groups is 1. The van der Waals surface area contributed by atoms with Gasteiger partial charge in [0.15, 0.2) is 21.6 Å². The topological polar surface area (TPSA) is 96.6 Å². The van der Waals surface area contributed by atoms with Crippen LogP contribution >= 0.6 is 24.0 Å². The Morgan fingerprint density at radius 1 is 1.21 bits per heavy atom. The third-order valence-corrected chi connectivity index (χ3v) is 5.09. The van der Waals surface area contributed by atoms with Gasteiger partial charge in [-0.15, -0.1) is 24.0 Å². The summed E-state index contributed by atoms with van der Waals surface area (Å²) in [6, 6.07) is 8.88. The molecule has 0 aliphatic carbocycles. The lowest BCUT2D eigenvalue weighted by molar-refractivity contribution is 0.376. The molecule has 0 radical (unpaired) electrons. The molecule has 2 rings (SSSR count). The highest BCUT2D eigenvalue weighted by atomic mass is 127. The van der Waals surface area contributed by atoms with E-state index in [-0.39, 0.29) is 24.0 Å². The Morgan fingerprint density at radius 3 is 2.43 bits per heavy atom. The lowest BCUT2D eigenvalue weighted by Crippen LogP contribution is -2.38. The number of aromatic nitrogens is 1. The van der Waals surface area contributed by atoms with E-state index in [2.05, 4.69) is 34.6 Å². The van der Waals surface area contributed by atoms with Gasteiger partial charge in [0.25, 0.3) is 0 Å². The summed E-state index contributed by atoms with van der Waals surface area (Å²) in [5.41, 5.74) is 1.98. The Morgan fingerprint density at radius 2 is 1.89 bits per heavy atom. The SMILES string of the molecule is CCNC(=NCc1cc(C(C)C)no1)NCCc1ccc(S(C)(=O)=O)cc1.I. The highest BCUT2D eigenvalue weighted by molar-refractivity contribution is 14.0. The van der Waals surface area contributed by atoms with Crippen LogP contribution in [0.1, 0.15) is 43.7 Å². The fraction of sp³-hybridized carbons (Fsp3) is 0.474. The number of hydrogen-bond acceptors (Lipinski definition) is 5. The molecule has 1 heterocycles. The number of nitrogens with one attached hydrogen (secondary N) is 2. The summed E-state index contributed by atoms with van der Waals surface area (Å²) in [6.45, 7) is 7.99. The van der Waals surface area contributed by atoms with Crippen molar-refractivity contribution in [3.8, 4) is 0 Å². The maximum atomic E-state index is 11.5. The molecule has 0 unspecified atom stereocenters. The third-order valence-electron chi connectivity index (χ3n) is 3.96. The van der Waals surface area contributed by atoms with E-state index in [4.69, 9.17) is 4.52 Å². The fourth-order valence-electron chi connectivity index (χ4n) is 2.40. The lowest BCUT2D eigenvalue weighted by atomic mass is 10.1. The standard InChI is InChI=1S/C19H28N4O3S.HI/c1-5-20-19(22-13-16-12-18(14(2)3)23-26-16)21-11-10-15-6-8-17(9-7-15)27(4,24)25;/h6-9,12,14H,5,10-11,13H2,1-4H3,(H2,20,21,22);1H. The molecule has 1 aromatic carbocycles. The Bertz CT molecular complexity index is 862. The van der Waals surface area contributed by atoms with Crippen LogP contribution in [-0.4, -0.2) is 38.9 Å². The second kappa shape index (κ2) is 11.4. The van der Waals surface area contributed by atoms with E-state index in [9.17, 15) is 8.42 Å². The van der Waals surface area contributed by atoms with E-state index < -0.39 is 9.84 Å². The molecule has 0 amide bonds. The molecule has 0 saturated carbocycles. The van der Waals surface area contributed by atoms with Gasteiger partial charge in [-0.1, -0.05) is 31.1 Å². The molecule has 1 aromatic heterocycles. The van der Waals surface area contributed by atoms with Crippen LogP contribution in [0.5, 0.6) is 0 Å². The number of sulfone groups is 1. The highest BCUT2D eigenvalue weighted by Gasteiger charge is 2.08. The van der Waals surface area contributed by atoms with Crippen LogP contribution in [0.15, 0.2) is 44.7 Å². The van der Waals surface area contributed by atoms with Gasteiger partial charge in [0, 0.05) is 25.4 Å². The zero-order valence-corrected chi connectivity index (χ0v) is 19.9. The molecule has 28 heavy (non-hydrogen) atoms. The molecule has 0 saturated heterocycles. The normalized spacial score (nSPS) is 12.0. The number of aliphatic imine (C=N–C) groups is 1. The minimum Gasteiger partial charge on any atom is -0.359 e. The average molecular weight is 520 g/mol. The summed E-state index contributed by atoms with van der Waals surface area (Å²) in [7, 11) is -3.16. The molecule has 156 valence electrons. The zero-order chi connectivity index (χ0) is 19.9. The molecule has 0 aliphatic heterocycles. The highest BCUT2D eigenvalue weighted by Crippen LogP contribution is 2.14. The molecule has 0 atom stereocenters. The maximum absolute atomic E-state index is 11.5. The van der Waals surface area contributed by atoms with Gasteiger partial charge in [0.05, 0.1) is 10.6 Å². The summed E-state index contributed by atoms with van der Waals surface area (Å²) in [5.74, 6) is 1.76. The van der Waals surface area contributed by atoms with E-state index >= 15 is 0 Å². The number of hydrogen-bond donors (Lipinski definition) is 2. The van der Waals surface area contributed by atoms with Crippen molar-refractivity contribution in [2.45, 2.75) is 44.6 Å². The van der Waals surface area contributed by atoms with Crippen LogP contribution in [0.25, 0.3) is 0 Å². The third kappa shape index (κ3) is 7.78. The second-order valence-corrected chi connectivity index (χ2v) is 8.68. The molecule has 0 fully saturated rings. The molecule has 2 aromatic rings. The van der Waals surface area contributed by atoms with Crippen molar-refractivity contribution in [3.63, 3.8) is 0 Å². The molecule has 7 nitrogen and oxygen atoms in total. The summed E-state index contributed by atoms with van der Waals surface area (Å²) >= 11 is 0. The van der Waals surface area contributed by atoms with Crippen LogP contribution < -0.4 is 10.6 Å². The Kier molecular flexibility index (Phi) is 9.94. The molecule has 2 N–H and O–H groups in total. The molecular formula is C19H29IN4O3S. The molecule has 0 bridgehead atoms. The molecule has 0 aliphatic rings. The molecular weight excluding hydrogens is 491 g/mol. The van der Waals surface area contributed by atoms with Gasteiger partial charge in [0.2, 0.25) is 0 Å². The summed E-state index contributed by atoms with van der Waals surface area (Å²) in [6.07, 6.45) is 1.97. The molecule has 0 spiro atoms. The van der Waals surface area contributed by atoms with Crippen LogP contribution in [-0.2, 0) is 22.8 Å². The van der Waals surface area contributed by atoms with Crippen molar-refractivity contribution >= 4 is 39.8 Å². The van der Waals surface area contributed by atoms with Crippen molar-refractivity contribution in [1.29, 1.82) is 0 Å². The fourth-order valence-corrected chi connectivity index (χ4v) is 3.03. The van der Waals surface area contributed by atoms with E-state index in [1.807, 2.05) is 25.1 Å². The van der Waals surface area contributed by atoms with Gasteiger partial charge >= 0.3 is 0 Å². The van der Waals surface area contributed by atoms with E-state index in [0.717, 1.165) is 30.0 Å². The Balaban J connectivity index is 0.00000392. The average Bonchev–Trinajstić information content (AvgIpc) is 3.09. The van der Waals surface area contributed by atoms with Gasteiger partial charge in [-0.05, 0) is 37.0 Å². The largest absolute Gasteiger partial charge is 0.359 e. The first-order valence-corrected chi connectivity index (χ1v) is 11.0. The number of benzene rings is 1. The predicted molar refractivity (Wildman–Crippen MR) is 122 cm³/mol. The summed E-state index contributed by atoms with van der Waals surface area (Å²) in [4.78, 5) is 4.85. The van der Waals surface area contributed by atoms with Crippen LogP contribution in [0, 0.1) is 0 Å². The van der Waals surface area contributed by atoms with Gasteiger partial charge < -0.3 is 15.2 Å². The van der Waals surface area contributed by atoms with Crippen molar-refractivity contribution in [2.24, 2.45) is 4.99 Å². The van der Waals surface area contributed by atoms with Gasteiger partial charge in [-0.2, -0.15) is 0 Å². The summed E-state index contributed by atoms with van der Waals surface area (Å²) in [5, 5.41) is 10.5. The first-order chi connectivity index (χ1) is 12.8. The Hall–Kier alpha value is -1.62. The summed E-state index contributed by atoms with van der Waals surface area (Å²) < 4.78 is 28.3. The Labute approximate surface area is 184 Å². The lowest BCUT2D eigenvalue weighted by Gasteiger charge is -2.11. The van der Waals surface area contributed by atoms with Gasteiger partial charge in [-0.3, -0.25) is 0 Å². The van der Waals surface area contributed by atoms with E-state index in [1.54, 1.807) is 12.1 Å². The maximum Gasteiger partial charge on any atom is 0.191 e. The monoisotopic (exact) mass is 520 g/mol. The van der Waals surface area contributed by atoms with Crippen molar-refractivity contribution < 1.29 is 12.9 Å².